The number of piperazine rings is 1. The van der Waals surface area contributed by atoms with E-state index in [-0.39, 0.29) is 5.82 Å². The molecule has 94 valence electrons. The quantitative estimate of drug-likeness (QED) is 0.867. The zero-order valence-electron chi connectivity index (χ0n) is 9.77. The molecule has 6 heteroatoms. The van der Waals surface area contributed by atoms with Crippen LogP contribution in [-0.2, 0) is 0 Å². The average Bonchev–Trinajstić information content (AvgIpc) is 2.89. The van der Waals surface area contributed by atoms with Crippen molar-refractivity contribution in [2.24, 2.45) is 0 Å². The molecule has 0 spiro atoms. The molecule has 0 amide bonds. The maximum atomic E-state index is 13.1. The topological polar surface area (TPSA) is 54.2 Å². The standard InChI is InChI=1S/C12H13FN4O/c13-10-3-1-2-9(8-10)11-15-12(18-16-11)17-6-4-14-5-7-17/h1-3,8,14H,4-7H2. The molecule has 0 unspecified atom stereocenters. The molecule has 1 aliphatic rings. The molecule has 5 nitrogen and oxygen atoms in total. The normalized spacial score (nSPS) is 15.9. The molecule has 0 atom stereocenters. The van der Waals surface area contributed by atoms with E-state index in [0.29, 0.717) is 17.4 Å². The van der Waals surface area contributed by atoms with Gasteiger partial charge in [0.25, 0.3) is 0 Å². The number of hydrogen-bond acceptors (Lipinski definition) is 5. The highest BCUT2D eigenvalue weighted by Gasteiger charge is 2.17. The Morgan fingerprint density at radius 3 is 2.89 bits per heavy atom. The van der Waals surface area contributed by atoms with Gasteiger partial charge in [-0.1, -0.05) is 17.3 Å². The lowest BCUT2D eigenvalue weighted by Gasteiger charge is -2.24. The molecule has 1 N–H and O–H groups in total. The van der Waals surface area contributed by atoms with E-state index in [1.165, 1.54) is 12.1 Å². The van der Waals surface area contributed by atoms with E-state index >= 15 is 0 Å². The highest BCUT2D eigenvalue weighted by atomic mass is 19.1. The predicted molar refractivity (Wildman–Crippen MR) is 64.8 cm³/mol. The number of nitrogens with one attached hydrogen (secondary N) is 1. The second-order valence-electron chi connectivity index (χ2n) is 4.15. The fourth-order valence-electron chi connectivity index (χ4n) is 1.94. The molecular formula is C12H13FN4O. The lowest BCUT2D eigenvalue weighted by atomic mass is 10.2. The summed E-state index contributed by atoms with van der Waals surface area (Å²) < 4.78 is 18.3. The first kappa shape index (κ1) is 11.2. The summed E-state index contributed by atoms with van der Waals surface area (Å²) in [6.45, 7) is 3.48. The minimum Gasteiger partial charge on any atom is -0.322 e. The van der Waals surface area contributed by atoms with Crippen LogP contribution in [0.25, 0.3) is 11.4 Å². The molecule has 18 heavy (non-hydrogen) atoms. The van der Waals surface area contributed by atoms with Crippen molar-refractivity contribution in [2.45, 2.75) is 0 Å². The van der Waals surface area contributed by atoms with Gasteiger partial charge in [0.2, 0.25) is 5.82 Å². The van der Waals surface area contributed by atoms with E-state index in [4.69, 9.17) is 4.52 Å². The highest BCUT2D eigenvalue weighted by molar-refractivity contribution is 5.55. The molecule has 1 aromatic heterocycles. The number of hydrogen-bond donors (Lipinski definition) is 1. The van der Waals surface area contributed by atoms with E-state index in [1.54, 1.807) is 12.1 Å². The SMILES string of the molecule is Fc1cccc(-c2noc(N3CCNCC3)n2)c1. The first-order chi connectivity index (χ1) is 8.83. The van der Waals surface area contributed by atoms with Crippen molar-refractivity contribution in [1.82, 2.24) is 15.5 Å². The van der Waals surface area contributed by atoms with E-state index in [1.807, 2.05) is 4.90 Å². The number of nitrogens with zero attached hydrogens (tertiary/aromatic N) is 3. The zero-order chi connectivity index (χ0) is 12.4. The Hall–Kier alpha value is -1.95. The third-order valence-corrected chi connectivity index (χ3v) is 2.89. The van der Waals surface area contributed by atoms with Gasteiger partial charge in [-0.3, -0.25) is 0 Å². The molecule has 1 saturated heterocycles. The lowest BCUT2D eigenvalue weighted by Crippen LogP contribution is -2.43. The van der Waals surface area contributed by atoms with Crippen LogP contribution in [0.3, 0.4) is 0 Å². The van der Waals surface area contributed by atoms with E-state index in [0.717, 1.165) is 26.2 Å². The number of anilines is 1. The summed E-state index contributed by atoms with van der Waals surface area (Å²) >= 11 is 0. The second-order valence-corrected chi connectivity index (χ2v) is 4.15. The summed E-state index contributed by atoms with van der Waals surface area (Å²) in [6, 6.07) is 6.67. The lowest BCUT2D eigenvalue weighted by molar-refractivity contribution is 0.405. The molecule has 0 aliphatic carbocycles. The van der Waals surface area contributed by atoms with Crippen LogP contribution in [0.4, 0.5) is 10.4 Å². The zero-order valence-corrected chi connectivity index (χ0v) is 9.77. The average molecular weight is 248 g/mol. The summed E-state index contributed by atoms with van der Waals surface area (Å²) in [7, 11) is 0. The van der Waals surface area contributed by atoms with Crippen LogP contribution in [0.2, 0.25) is 0 Å². The van der Waals surface area contributed by atoms with Gasteiger partial charge in [0.05, 0.1) is 0 Å². The van der Waals surface area contributed by atoms with E-state index < -0.39 is 0 Å². The molecule has 0 bridgehead atoms. The summed E-state index contributed by atoms with van der Waals surface area (Å²) in [6.07, 6.45) is 0. The van der Waals surface area contributed by atoms with Crippen molar-refractivity contribution >= 4 is 6.01 Å². The first-order valence-electron chi connectivity index (χ1n) is 5.88. The Bertz CT molecular complexity index is 536. The smallest absolute Gasteiger partial charge is 0.322 e. The maximum Gasteiger partial charge on any atom is 0.324 e. The number of benzene rings is 1. The van der Waals surface area contributed by atoms with Gasteiger partial charge in [-0.15, -0.1) is 0 Å². The van der Waals surface area contributed by atoms with Crippen LogP contribution in [0.5, 0.6) is 0 Å². The van der Waals surface area contributed by atoms with Crippen LogP contribution in [0, 0.1) is 5.82 Å². The Morgan fingerprint density at radius 1 is 1.28 bits per heavy atom. The van der Waals surface area contributed by atoms with Crippen molar-refractivity contribution in [3.63, 3.8) is 0 Å². The van der Waals surface area contributed by atoms with Crippen molar-refractivity contribution in [3.05, 3.63) is 30.1 Å². The van der Waals surface area contributed by atoms with Crippen LogP contribution < -0.4 is 10.2 Å². The van der Waals surface area contributed by atoms with Gasteiger partial charge in [-0.2, -0.15) is 4.98 Å². The number of halogens is 1. The molecule has 1 aromatic carbocycles. The van der Waals surface area contributed by atoms with E-state index in [2.05, 4.69) is 15.5 Å². The highest BCUT2D eigenvalue weighted by Crippen LogP contribution is 2.20. The Labute approximate surface area is 104 Å². The fourth-order valence-corrected chi connectivity index (χ4v) is 1.94. The summed E-state index contributed by atoms with van der Waals surface area (Å²) in [5.74, 6) is 0.115. The molecule has 2 heterocycles. The minimum atomic E-state index is -0.305. The third-order valence-electron chi connectivity index (χ3n) is 2.89. The van der Waals surface area contributed by atoms with Gasteiger partial charge in [0.1, 0.15) is 5.82 Å². The Morgan fingerprint density at radius 2 is 2.11 bits per heavy atom. The Balaban J connectivity index is 1.84. The molecule has 1 fully saturated rings. The van der Waals surface area contributed by atoms with E-state index in [9.17, 15) is 4.39 Å². The molecular weight excluding hydrogens is 235 g/mol. The number of aromatic nitrogens is 2. The number of rotatable bonds is 2. The summed E-state index contributed by atoms with van der Waals surface area (Å²) in [5, 5.41) is 7.14. The van der Waals surface area contributed by atoms with Crippen LogP contribution in [0.1, 0.15) is 0 Å². The molecule has 3 rings (SSSR count). The second kappa shape index (κ2) is 4.73. The summed E-state index contributed by atoms with van der Waals surface area (Å²) in [4.78, 5) is 6.32. The van der Waals surface area contributed by atoms with Gasteiger partial charge < -0.3 is 14.7 Å². The maximum absolute atomic E-state index is 13.1. The van der Waals surface area contributed by atoms with Gasteiger partial charge >= 0.3 is 6.01 Å². The van der Waals surface area contributed by atoms with Crippen LogP contribution in [0.15, 0.2) is 28.8 Å². The Kier molecular flexibility index (Phi) is 2.93. The molecule has 1 aliphatic heterocycles. The van der Waals surface area contributed by atoms with Gasteiger partial charge in [-0.05, 0) is 12.1 Å². The van der Waals surface area contributed by atoms with Gasteiger partial charge in [0, 0.05) is 31.7 Å². The monoisotopic (exact) mass is 248 g/mol. The summed E-state index contributed by atoms with van der Waals surface area (Å²) in [5.41, 5.74) is 0.625. The predicted octanol–water partition coefficient (Wildman–Crippen LogP) is 1.29. The van der Waals surface area contributed by atoms with Crippen molar-refractivity contribution < 1.29 is 8.91 Å². The third kappa shape index (κ3) is 2.19. The van der Waals surface area contributed by atoms with Crippen LogP contribution in [-0.4, -0.2) is 36.3 Å². The molecule has 0 saturated carbocycles. The van der Waals surface area contributed by atoms with Gasteiger partial charge in [-0.25, -0.2) is 4.39 Å². The largest absolute Gasteiger partial charge is 0.324 e. The van der Waals surface area contributed by atoms with Crippen LogP contribution >= 0.6 is 0 Å². The van der Waals surface area contributed by atoms with Crippen molar-refractivity contribution in [1.29, 1.82) is 0 Å². The fraction of sp³-hybridized carbons (Fsp3) is 0.333. The van der Waals surface area contributed by atoms with Gasteiger partial charge in [0.15, 0.2) is 0 Å². The van der Waals surface area contributed by atoms with Crippen molar-refractivity contribution in [2.75, 3.05) is 31.1 Å². The molecule has 2 aromatic rings. The first-order valence-corrected chi connectivity index (χ1v) is 5.88. The minimum absolute atomic E-state index is 0.305. The molecule has 0 radical (unpaired) electrons. The van der Waals surface area contributed by atoms with Crippen molar-refractivity contribution in [3.8, 4) is 11.4 Å².